The predicted octanol–water partition coefficient (Wildman–Crippen LogP) is 4.13. The molecule has 6 heteroatoms. The fourth-order valence-corrected chi connectivity index (χ4v) is 2.82. The van der Waals surface area contributed by atoms with Crippen LogP contribution < -0.4 is 5.32 Å². The van der Waals surface area contributed by atoms with Crippen molar-refractivity contribution in [1.82, 2.24) is 15.0 Å². The van der Waals surface area contributed by atoms with Gasteiger partial charge in [0.1, 0.15) is 12.1 Å². The summed E-state index contributed by atoms with van der Waals surface area (Å²) in [6.07, 6.45) is 2.85. The highest BCUT2D eigenvalue weighted by Crippen LogP contribution is 2.26. The van der Waals surface area contributed by atoms with Gasteiger partial charge in [0, 0.05) is 20.7 Å². The van der Waals surface area contributed by atoms with Gasteiger partial charge in [-0.25, -0.2) is 15.0 Å². The Balaban J connectivity index is 2.08. The Morgan fingerprint density at radius 2 is 1.90 bits per heavy atom. The molecular formula is C15H12FIN4. The quantitative estimate of drug-likeness (QED) is 0.525. The zero-order valence-electron chi connectivity index (χ0n) is 11.5. The fraction of sp³-hybridized carbons (Fsp3) is 0.133. The van der Waals surface area contributed by atoms with Crippen LogP contribution in [0, 0.1) is 23.4 Å². The number of benzene rings is 1. The highest BCUT2D eigenvalue weighted by molar-refractivity contribution is 14.1. The molecule has 3 aromatic rings. The van der Waals surface area contributed by atoms with Gasteiger partial charge in [-0.15, -0.1) is 0 Å². The van der Waals surface area contributed by atoms with E-state index in [-0.39, 0.29) is 0 Å². The number of anilines is 2. The molecular weight excluding hydrogens is 382 g/mol. The number of aryl methyl sites for hydroxylation is 1. The summed E-state index contributed by atoms with van der Waals surface area (Å²) in [5.41, 5.74) is 3.96. The average Bonchev–Trinajstić information content (AvgIpc) is 2.45. The lowest BCUT2D eigenvalue weighted by Gasteiger charge is -2.11. The molecule has 106 valence electrons. The Bertz CT molecular complexity index is 812. The van der Waals surface area contributed by atoms with Gasteiger partial charge in [-0.2, -0.15) is 4.39 Å². The Morgan fingerprint density at radius 3 is 2.67 bits per heavy atom. The average molecular weight is 394 g/mol. The van der Waals surface area contributed by atoms with Crippen LogP contribution in [0.2, 0.25) is 0 Å². The Kier molecular flexibility index (Phi) is 3.71. The number of rotatable bonds is 2. The lowest BCUT2D eigenvalue weighted by molar-refractivity contribution is 0.586. The summed E-state index contributed by atoms with van der Waals surface area (Å²) in [4.78, 5) is 11.9. The molecule has 2 aromatic heterocycles. The number of fused-ring (bicyclic) bond motifs is 1. The molecule has 0 aliphatic carbocycles. The van der Waals surface area contributed by atoms with Crippen LogP contribution in [0.1, 0.15) is 11.1 Å². The molecule has 0 bridgehead atoms. The van der Waals surface area contributed by atoms with Gasteiger partial charge in [0.25, 0.3) is 0 Å². The SMILES string of the molecule is Cc1cc(Nc2ncnc3cnc(F)cc23)cc(I)c1C. The van der Waals surface area contributed by atoms with Crippen molar-refractivity contribution in [2.45, 2.75) is 13.8 Å². The fourth-order valence-electron chi connectivity index (χ4n) is 2.06. The van der Waals surface area contributed by atoms with E-state index < -0.39 is 5.95 Å². The molecule has 0 radical (unpaired) electrons. The van der Waals surface area contributed by atoms with Gasteiger partial charge >= 0.3 is 0 Å². The molecule has 0 unspecified atom stereocenters. The van der Waals surface area contributed by atoms with E-state index in [4.69, 9.17) is 0 Å². The first kappa shape index (κ1) is 14.1. The lowest BCUT2D eigenvalue weighted by atomic mass is 10.1. The number of hydrogen-bond donors (Lipinski definition) is 1. The van der Waals surface area contributed by atoms with E-state index in [0.29, 0.717) is 16.7 Å². The summed E-state index contributed by atoms with van der Waals surface area (Å²) < 4.78 is 14.5. The third-order valence-electron chi connectivity index (χ3n) is 3.36. The second kappa shape index (κ2) is 5.51. The number of nitrogens with zero attached hydrogens (tertiary/aromatic N) is 3. The van der Waals surface area contributed by atoms with E-state index in [2.05, 4.69) is 56.7 Å². The number of aromatic nitrogens is 3. The van der Waals surface area contributed by atoms with Crippen molar-refractivity contribution in [2.24, 2.45) is 0 Å². The molecule has 0 atom stereocenters. The van der Waals surface area contributed by atoms with Crippen molar-refractivity contribution in [3.63, 3.8) is 0 Å². The molecule has 4 nitrogen and oxygen atoms in total. The Morgan fingerprint density at radius 1 is 1.10 bits per heavy atom. The first-order valence-corrected chi connectivity index (χ1v) is 7.42. The first-order chi connectivity index (χ1) is 10.0. The summed E-state index contributed by atoms with van der Waals surface area (Å²) in [5.74, 6) is 0.0235. The van der Waals surface area contributed by atoms with Gasteiger partial charge in [0.05, 0.1) is 11.7 Å². The van der Waals surface area contributed by atoms with Crippen LogP contribution in [0.3, 0.4) is 0 Å². The van der Waals surface area contributed by atoms with E-state index in [1.165, 1.54) is 33.3 Å². The van der Waals surface area contributed by atoms with Crippen LogP contribution in [-0.4, -0.2) is 15.0 Å². The molecule has 1 N–H and O–H groups in total. The van der Waals surface area contributed by atoms with Gasteiger partial charge in [-0.3, -0.25) is 0 Å². The molecule has 0 spiro atoms. The summed E-state index contributed by atoms with van der Waals surface area (Å²) in [5, 5.41) is 3.84. The minimum atomic E-state index is -0.546. The summed E-state index contributed by atoms with van der Waals surface area (Å²) in [6.45, 7) is 4.15. The smallest absolute Gasteiger partial charge is 0.213 e. The van der Waals surface area contributed by atoms with Gasteiger partial charge in [-0.05, 0) is 59.7 Å². The topological polar surface area (TPSA) is 50.7 Å². The molecule has 2 heterocycles. The van der Waals surface area contributed by atoms with Crippen LogP contribution in [-0.2, 0) is 0 Å². The second-order valence-electron chi connectivity index (χ2n) is 4.77. The predicted molar refractivity (Wildman–Crippen MR) is 89.2 cm³/mol. The van der Waals surface area contributed by atoms with Crippen molar-refractivity contribution >= 4 is 45.0 Å². The number of nitrogens with one attached hydrogen (secondary N) is 1. The van der Waals surface area contributed by atoms with Crippen molar-refractivity contribution < 1.29 is 4.39 Å². The van der Waals surface area contributed by atoms with E-state index >= 15 is 0 Å². The van der Waals surface area contributed by atoms with E-state index in [1.807, 2.05) is 12.1 Å². The number of pyridine rings is 1. The van der Waals surface area contributed by atoms with Crippen LogP contribution in [0.15, 0.2) is 30.7 Å². The van der Waals surface area contributed by atoms with Crippen molar-refractivity contribution in [3.8, 4) is 0 Å². The maximum absolute atomic E-state index is 13.3. The monoisotopic (exact) mass is 394 g/mol. The van der Waals surface area contributed by atoms with E-state index in [1.54, 1.807) is 0 Å². The van der Waals surface area contributed by atoms with Crippen molar-refractivity contribution in [2.75, 3.05) is 5.32 Å². The van der Waals surface area contributed by atoms with Crippen LogP contribution in [0.5, 0.6) is 0 Å². The Labute approximate surface area is 135 Å². The van der Waals surface area contributed by atoms with Crippen LogP contribution in [0.25, 0.3) is 10.9 Å². The minimum Gasteiger partial charge on any atom is -0.340 e. The largest absolute Gasteiger partial charge is 0.340 e. The third-order valence-corrected chi connectivity index (χ3v) is 4.48. The standard InChI is InChI=1S/C15H12FIN4/c1-8-3-10(4-12(17)9(8)2)21-15-11-5-14(16)18-6-13(11)19-7-20-15/h3-7H,1-2H3,(H,19,20,21). The van der Waals surface area contributed by atoms with Gasteiger partial charge in [0.15, 0.2) is 0 Å². The molecule has 0 saturated heterocycles. The molecule has 0 aliphatic rings. The van der Waals surface area contributed by atoms with E-state index in [0.717, 1.165) is 5.69 Å². The molecule has 0 aliphatic heterocycles. The molecule has 0 saturated carbocycles. The molecule has 21 heavy (non-hydrogen) atoms. The normalized spacial score (nSPS) is 10.9. The van der Waals surface area contributed by atoms with Crippen LogP contribution >= 0.6 is 22.6 Å². The zero-order valence-corrected chi connectivity index (χ0v) is 13.6. The summed E-state index contributed by atoms with van der Waals surface area (Å²) in [6, 6.07) is 5.42. The third kappa shape index (κ3) is 2.80. The molecule has 1 aromatic carbocycles. The van der Waals surface area contributed by atoms with Crippen LogP contribution in [0.4, 0.5) is 15.9 Å². The zero-order chi connectivity index (χ0) is 15.0. The van der Waals surface area contributed by atoms with Crippen molar-refractivity contribution in [3.05, 3.63) is 51.4 Å². The molecule has 0 fully saturated rings. The van der Waals surface area contributed by atoms with Gasteiger partial charge in [-0.1, -0.05) is 0 Å². The number of hydrogen-bond acceptors (Lipinski definition) is 4. The van der Waals surface area contributed by atoms with Gasteiger partial charge < -0.3 is 5.32 Å². The summed E-state index contributed by atoms with van der Waals surface area (Å²) >= 11 is 2.30. The number of halogens is 2. The van der Waals surface area contributed by atoms with Crippen molar-refractivity contribution in [1.29, 1.82) is 0 Å². The maximum atomic E-state index is 13.3. The highest BCUT2D eigenvalue weighted by atomic mass is 127. The first-order valence-electron chi connectivity index (χ1n) is 6.34. The minimum absolute atomic E-state index is 0.546. The molecule has 0 amide bonds. The highest BCUT2D eigenvalue weighted by Gasteiger charge is 2.08. The van der Waals surface area contributed by atoms with E-state index in [9.17, 15) is 4.39 Å². The van der Waals surface area contributed by atoms with Gasteiger partial charge in [0.2, 0.25) is 5.95 Å². The Hall–Kier alpha value is -1.83. The summed E-state index contributed by atoms with van der Waals surface area (Å²) in [7, 11) is 0. The molecule has 3 rings (SSSR count). The maximum Gasteiger partial charge on any atom is 0.213 e. The second-order valence-corrected chi connectivity index (χ2v) is 5.93. The lowest BCUT2D eigenvalue weighted by Crippen LogP contribution is -1.99.